The van der Waals surface area contributed by atoms with Crippen LogP contribution in [-0.4, -0.2) is 37.2 Å². The number of aromatic nitrogens is 1. The molecule has 2 amide bonds. The number of imide groups is 1. The van der Waals surface area contributed by atoms with Crippen LogP contribution in [-0.2, 0) is 16.6 Å². The Morgan fingerprint density at radius 3 is 2.59 bits per heavy atom. The van der Waals surface area contributed by atoms with E-state index < -0.39 is 21.8 Å². The minimum absolute atomic E-state index is 0.0805. The number of benzene rings is 2. The summed E-state index contributed by atoms with van der Waals surface area (Å²) in [5.74, 6) is -0.894. The third-order valence-corrected chi connectivity index (χ3v) is 6.90. The van der Waals surface area contributed by atoms with Crippen molar-refractivity contribution in [1.82, 2.24) is 9.88 Å². The monoisotopic (exact) mass is 471 g/mol. The highest BCUT2D eigenvalue weighted by molar-refractivity contribution is 7.92. The highest BCUT2D eigenvalue weighted by atomic mass is 35.5. The molecule has 4 rings (SSSR count). The quantitative estimate of drug-likeness (QED) is 0.550. The Hall–Kier alpha value is -3.43. The molecule has 0 unspecified atom stereocenters. The molecule has 0 fully saturated rings. The highest BCUT2D eigenvalue weighted by Crippen LogP contribution is 2.31. The Kier molecular flexibility index (Phi) is 5.62. The van der Waals surface area contributed by atoms with Crippen molar-refractivity contribution in [2.24, 2.45) is 0 Å². The molecule has 1 aromatic heterocycles. The van der Waals surface area contributed by atoms with Crippen LogP contribution in [0, 0.1) is 6.92 Å². The fourth-order valence-electron chi connectivity index (χ4n) is 3.39. The number of anilines is 1. The van der Waals surface area contributed by atoms with Crippen molar-refractivity contribution >= 4 is 39.1 Å². The van der Waals surface area contributed by atoms with Crippen LogP contribution >= 0.6 is 11.6 Å². The smallest absolute Gasteiger partial charge is 0.280 e. The molecule has 0 spiro atoms. The summed E-state index contributed by atoms with van der Waals surface area (Å²) in [7, 11) is -2.71. The number of fused-ring (bicyclic) bond motifs is 1. The fraction of sp³-hybridized carbons (Fsp3) is 0.136. The fourth-order valence-corrected chi connectivity index (χ4v) is 4.91. The molecule has 0 radical (unpaired) electrons. The van der Waals surface area contributed by atoms with Crippen molar-refractivity contribution in [3.63, 3.8) is 0 Å². The summed E-state index contributed by atoms with van der Waals surface area (Å²) in [4.78, 5) is 30.1. The lowest BCUT2D eigenvalue weighted by Crippen LogP contribution is -2.29. The Bertz CT molecular complexity index is 1320. The zero-order valence-corrected chi connectivity index (χ0v) is 18.7. The molecule has 1 N–H and O–H groups in total. The second kappa shape index (κ2) is 8.25. The number of hydrogen-bond acceptors (Lipinski definition) is 6. The minimum Gasteiger partial charge on any atom is -0.495 e. The molecule has 8 nitrogen and oxygen atoms in total. The largest absolute Gasteiger partial charge is 0.495 e. The van der Waals surface area contributed by atoms with Crippen LogP contribution in [0.15, 0.2) is 59.6 Å². The number of pyridine rings is 1. The van der Waals surface area contributed by atoms with E-state index >= 15 is 0 Å². The van der Waals surface area contributed by atoms with Crippen molar-refractivity contribution < 1.29 is 22.7 Å². The topological polar surface area (TPSA) is 106 Å². The summed E-state index contributed by atoms with van der Waals surface area (Å²) in [5, 5.41) is 0.421. The summed E-state index contributed by atoms with van der Waals surface area (Å²) in [6.07, 6.45) is 1.44. The van der Waals surface area contributed by atoms with Crippen LogP contribution in [0.2, 0.25) is 5.02 Å². The van der Waals surface area contributed by atoms with Gasteiger partial charge in [0.2, 0.25) is 0 Å². The number of nitrogens with zero attached hydrogens (tertiary/aromatic N) is 2. The highest BCUT2D eigenvalue weighted by Gasteiger charge is 2.36. The van der Waals surface area contributed by atoms with Crippen LogP contribution in [0.3, 0.4) is 0 Å². The van der Waals surface area contributed by atoms with Crippen molar-refractivity contribution in [1.29, 1.82) is 0 Å². The number of sulfonamides is 1. The molecule has 0 saturated carbocycles. The van der Waals surface area contributed by atoms with Gasteiger partial charge in [-0.2, -0.15) is 0 Å². The van der Waals surface area contributed by atoms with Gasteiger partial charge in [-0.25, -0.2) is 8.42 Å². The van der Waals surface area contributed by atoms with Crippen molar-refractivity contribution in [2.75, 3.05) is 11.8 Å². The number of nitrogens with one attached hydrogen (secondary N) is 1. The lowest BCUT2D eigenvalue weighted by molar-refractivity contribution is 0.0640. The zero-order chi connectivity index (χ0) is 23.0. The number of amides is 2. The molecule has 2 heterocycles. The summed E-state index contributed by atoms with van der Waals surface area (Å²) in [6, 6.07) is 12.5. The average molecular weight is 472 g/mol. The Morgan fingerprint density at radius 2 is 1.88 bits per heavy atom. The van der Waals surface area contributed by atoms with E-state index in [2.05, 4.69) is 9.71 Å². The lowest BCUT2D eigenvalue weighted by atomic mass is 10.2. The molecule has 0 bridgehead atoms. The number of carbonyl (C=O) groups excluding carboxylic acids is 2. The molecule has 1 aliphatic rings. The predicted octanol–water partition coefficient (Wildman–Crippen LogP) is 3.65. The van der Waals surface area contributed by atoms with Gasteiger partial charge in [0.1, 0.15) is 16.3 Å². The van der Waals surface area contributed by atoms with Gasteiger partial charge in [0, 0.05) is 11.2 Å². The van der Waals surface area contributed by atoms with E-state index in [1.54, 1.807) is 37.3 Å². The van der Waals surface area contributed by atoms with Gasteiger partial charge >= 0.3 is 0 Å². The Balaban J connectivity index is 1.67. The van der Waals surface area contributed by atoms with Gasteiger partial charge in [0.15, 0.2) is 0 Å². The first-order chi connectivity index (χ1) is 15.2. The molecule has 0 saturated heterocycles. The van der Waals surface area contributed by atoms with Crippen LogP contribution in [0.1, 0.15) is 32.0 Å². The standard InChI is InChI=1S/C22H18ClN3O5S/c1-13-16(23)6-3-7-17(13)25-32(29,30)19-11-14(8-9-18(19)31-2)12-26-21(27)15-5-4-10-24-20(15)22(26)28/h3-11,25H,12H2,1-2H3. The maximum Gasteiger partial charge on any atom is 0.280 e. The van der Waals surface area contributed by atoms with E-state index in [1.807, 2.05) is 0 Å². The van der Waals surface area contributed by atoms with Crippen molar-refractivity contribution in [2.45, 2.75) is 18.4 Å². The van der Waals surface area contributed by atoms with E-state index in [0.717, 1.165) is 4.90 Å². The van der Waals surface area contributed by atoms with Crippen molar-refractivity contribution in [3.05, 3.63) is 82.1 Å². The van der Waals surface area contributed by atoms with E-state index in [4.69, 9.17) is 16.3 Å². The van der Waals surface area contributed by atoms with Crippen LogP contribution in [0.4, 0.5) is 5.69 Å². The number of hydrogen-bond donors (Lipinski definition) is 1. The molecule has 3 aromatic rings. The Morgan fingerprint density at radius 1 is 1.09 bits per heavy atom. The second-order valence-electron chi connectivity index (χ2n) is 7.10. The van der Waals surface area contributed by atoms with Gasteiger partial charge in [-0.1, -0.05) is 23.7 Å². The number of rotatable bonds is 6. The van der Waals surface area contributed by atoms with E-state index in [9.17, 15) is 18.0 Å². The maximum absolute atomic E-state index is 13.1. The number of carbonyl (C=O) groups is 2. The summed E-state index contributed by atoms with van der Waals surface area (Å²) in [6.45, 7) is 1.58. The summed E-state index contributed by atoms with van der Waals surface area (Å²) >= 11 is 6.10. The molecule has 0 atom stereocenters. The van der Waals surface area contributed by atoms with Gasteiger partial charge in [0.05, 0.1) is 24.9 Å². The molecule has 164 valence electrons. The molecular formula is C22H18ClN3O5S. The molecular weight excluding hydrogens is 454 g/mol. The van der Waals surface area contributed by atoms with E-state index in [1.165, 1.54) is 31.5 Å². The maximum atomic E-state index is 13.1. The van der Waals surface area contributed by atoms with Crippen molar-refractivity contribution in [3.8, 4) is 5.75 Å². The normalized spacial score (nSPS) is 13.3. The van der Waals surface area contributed by atoms with E-state index in [-0.39, 0.29) is 28.4 Å². The van der Waals surface area contributed by atoms with Gasteiger partial charge in [0.25, 0.3) is 21.8 Å². The second-order valence-corrected chi connectivity index (χ2v) is 9.16. The lowest BCUT2D eigenvalue weighted by Gasteiger charge is -2.17. The van der Waals surface area contributed by atoms with Gasteiger partial charge < -0.3 is 4.74 Å². The molecule has 1 aliphatic heterocycles. The SMILES string of the molecule is COc1ccc(CN2C(=O)c3cccnc3C2=O)cc1S(=O)(=O)Nc1cccc(Cl)c1C. The zero-order valence-electron chi connectivity index (χ0n) is 17.1. The molecule has 10 heteroatoms. The average Bonchev–Trinajstić information content (AvgIpc) is 3.02. The third kappa shape index (κ3) is 3.80. The predicted molar refractivity (Wildman–Crippen MR) is 118 cm³/mol. The van der Waals surface area contributed by atoms with Crippen LogP contribution in [0.25, 0.3) is 0 Å². The first-order valence-electron chi connectivity index (χ1n) is 9.49. The van der Waals surface area contributed by atoms with Gasteiger partial charge in [-0.3, -0.25) is 24.2 Å². The molecule has 0 aliphatic carbocycles. The first-order valence-corrected chi connectivity index (χ1v) is 11.3. The summed E-state index contributed by atoms with van der Waals surface area (Å²) in [5.41, 5.74) is 1.64. The minimum atomic E-state index is -4.07. The van der Waals surface area contributed by atoms with Gasteiger partial charge in [-0.15, -0.1) is 0 Å². The Labute approximate surface area is 189 Å². The first kappa shape index (κ1) is 21.8. The van der Waals surface area contributed by atoms with Gasteiger partial charge in [-0.05, 0) is 54.4 Å². The molecule has 32 heavy (non-hydrogen) atoms. The van der Waals surface area contributed by atoms with Crippen LogP contribution in [0.5, 0.6) is 5.75 Å². The number of methoxy groups -OCH3 is 1. The number of ether oxygens (including phenoxy) is 1. The molecule has 2 aromatic carbocycles. The summed E-state index contributed by atoms with van der Waals surface area (Å²) < 4.78 is 34.1. The third-order valence-electron chi connectivity index (χ3n) is 5.10. The number of halogens is 1. The van der Waals surface area contributed by atoms with Crippen LogP contribution < -0.4 is 9.46 Å². The van der Waals surface area contributed by atoms with E-state index in [0.29, 0.717) is 21.8 Å².